The van der Waals surface area contributed by atoms with Gasteiger partial charge >= 0.3 is 5.97 Å². The molecule has 5 nitrogen and oxygen atoms in total. The largest absolute Gasteiger partial charge is 0.478 e. The highest BCUT2D eigenvalue weighted by atomic mass is 79.9. The maximum Gasteiger partial charge on any atom is 0.339 e. The van der Waals surface area contributed by atoms with E-state index in [1.807, 2.05) is 0 Å². The number of rotatable bonds is 2. The summed E-state index contributed by atoms with van der Waals surface area (Å²) in [7, 11) is 0. The van der Waals surface area contributed by atoms with Gasteiger partial charge in [0.2, 0.25) is 5.91 Å². The quantitative estimate of drug-likeness (QED) is 0.864. The molecular formula is C11H9BrFNO4. The van der Waals surface area contributed by atoms with Gasteiger partial charge in [0.1, 0.15) is 11.4 Å². The summed E-state index contributed by atoms with van der Waals surface area (Å²) >= 11 is 3.02. The van der Waals surface area contributed by atoms with Crippen LogP contribution in [0, 0.1) is 5.82 Å². The maximum atomic E-state index is 13.8. The number of aliphatic hydroxyl groups excluding tert-OH is 1. The summed E-state index contributed by atoms with van der Waals surface area (Å²) in [4.78, 5) is 23.7. The number of nitrogens with zero attached hydrogens (tertiary/aromatic N) is 1. The maximum absolute atomic E-state index is 13.8. The molecule has 1 amide bonds. The number of hydrogen-bond donors (Lipinski definition) is 2. The topological polar surface area (TPSA) is 77.8 Å². The molecule has 2 rings (SSSR count). The highest BCUT2D eigenvalue weighted by Gasteiger charge is 2.34. The number of hydrogen-bond acceptors (Lipinski definition) is 3. The zero-order valence-corrected chi connectivity index (χ0v) is 10.6. The Morgan fingerprint density at radius 3 is 2.67 bits per heavy atom. The molecular weight excluding hydrogens is 309 g/mol. The summed E-state index contributed by atoms with van der Waals surface area (Å²) in [6.45, 7) is -0.105. The van der Waals surface area contributed by atoms with Crippen LogP contribution in [-0.4, -0.2) is 34.7 Å². The molecule has 1 aromatic carbocycles. The molecule has 1 fully saturated rings. The number of carboxylic acid groups (broad SMARTS) is 1. The smallest absolute Gasteiger partial charge is 0.339 e. The van der Waals surface area contributed by atoms with Crippen molar-refractivity contribution in [2.45, 2.75) is 12.5 Å². The first-order valence-corrected chi connectivity index (χ1v) is 5.91. The number of anilines is 1. The van der Waals surface area contributed by atoms with Crippen LogP contribution in [0.15, 0.2) is 16.6 Å². The Morgan fingerprint density at radius 2 is 2.17 bits per heavy atom. The standard InChI is InChI=1S/C11H9BrFNO4/c12-6-1-2-7(13)10(9(6)11(17)18)14-4-5(15)3-8(14)16/h1-2,5,15H,3-4H2,(H,17,18). The molecule has 1 aromatic rings. The number of carbonyl (C=O) groups excluding carboxylic acids is 1. The van der Waals surface area contributed by atoms with E-state index in [0.29, 0.717) is 0 Å². The van der Waals surface area contributed by atoms with Gasteiger partial charge in [-0.1, -0.05) is 0 Å². The fourth-order valence-electron chi connectivity index (χ4n) is 1.91. The summed E-state index contributed by atoms with van der Waals surface area (Å²) in [5.41, 5.74) is -0.629. The van der Waals surface area contributed by atoms with E-state index in [1.54, 1.807) is 0 Å². The third-order valence-electron chi connectivity index (χ3n) is 2.67. The van der Waals surface area contributed by atoms with Crippen molar-refractivity contribution < 1.29 is 24.2 Å². The predicted molar refractivity (Wildman–Crippen MR) is 64.0 cm³/mol. The third-order valence-corrected chi connectivity index (χ3v) is 3.33. The molecule has 1 atom stereocenters. The van der Waals surface area contributed by atoms with Crippen molar-refractivity contribution in [3.05, 3.63) is 28.0 Å². The van der Waals surface area contributed by atoms with E-state index in [2.05, 4.69) is 15.9 Å². The van der Waals surface area contributed by atoms with Crippen molar-refractivity contribution in [2.24, 2.45) is 0 Å². The van der Waals surface area contributed by atoms with Gasteiger partial charge in [-0.3, -0.25) is 4.79 Å². The highest BCUT2D eigenvalue weighted by Crippen LogP contribution is 2.33. The zero-order valence-electron chi connectivity index (χ0n) is 9.06. The first kappa shape index (κ1) is 13.0. The molecule has 0 aliphatic carbocycles. The molecule has 0 saturated carbocycles. The van der Waals surface area contributed by atoms with Gasteiger partial charge in [0.15, 0.2) is 0 Å². The minimum absolute atomic E-state index is 0.105. The molecule has 0 radical (unpaired) electrons. The predicted octanol–water partition coefficient (Wildman–Crippen LogP) is 1.38. The zero-order chi connectivity index (χ0) is 13.4. The number of β-amino-alcohol motifs (C(OH)–C–C–N with tert-alkyl or cyclic N) is 1. The lowest BCUT2D eigenvalue weighted by molar-refractivity contribution is -0.117. The molecule has 1 aliphatic heterocycles. The van der Waals surface area contributed by atoms with Crippen molar-refractivity contribution in [2.75, 3.05) is 11.4 Å². The molecule has 1 heterocycles. The Labute approximate surface area is 110 Å². The lowest BCUT2D eigenvalue weighted by Crippen LogP contribution is -2.28. The van der Waals surface area contributed by atoms with Crippen LogP contribution in [0.2, 0.25) is 0 Å². The van der Waals surface area contributed by atoms with Gasteiger partial charge in [-0.05, 0) is 28.1 Å². The van der Waals surface area contributed by atoms with E-state index >= 15 is 0 Å². The molecule has 1 saturated heterocycles. The Bertz CT molecular complexity index is 534. The van der Waals surface area contributed by atoms with Crippen molar-refractivity contribution in [3.63, 3.8) is 0 Å². The van der Waals surface area contributed by atoms with E-state index in [-0.39, 0.29) is 28.7 Å². The first-order chi connectivity index (χ1) is 8.41. The van der Waals surface area contributed by atoms with Gasteiger partial charge in [0.05, 0.1) is 24.8 Å². The average Bonchev–Trinajstić information content (AvgIpc) is 2.60. The minimum Gasteiger partial charge on any atom is -0.478 e. The van der Waals surface area contributed by atoms with Crippen molar-refractivity contribution in [1.29, 1.82) is 0 Å². The molecule has 1 aliphatic rings. The Morgan fingerprint density at radius 1 is 1.50 bits per heavy atom. The fraction of sp³-hybridized carbons (Fsp3) is 0.273. The van der Waals surface area contributed by atoms with E-state index < -0.39 is 23.8 Å². The van der Waals surface area contributed by atoms with Gasteiger partial charge in [-0.25, -0.2) is 9.18 Å². The van der Waals surface area contributed by atoms with Crippen LogP contribution in [-0.2, 0) is 4.79 Å². The monoisotopic (exact) mass is 317 g/mol. The second-order valence-corrected chi connectivity index (χ2v) is 4.77. The van der Waals surface area contributed by atoms with Crippen LogP contribution in [0.5, 0.6) is 0 Å². The molecule has 0 aromatic heterocycles. The Balaban J connectivity index is 2.59. The first-order valence-electron chi connectivity index (χ1n) is 5.11. The van der Waals surface area contributed by atoms with Gasteiger partial charge < -0.3 is 15.1 Å². The van der Waals surface area contributed by atoms with Gasteiger partial charge in [0, 0.05) is 4.47 Å². The molecule has 18 heavy (non-hydrogen) atoms. The molecule has 0 spiro atoms. The van der Waals surface area contributed by atoms with Crippen LogP contribution in [0.3, 0.4) is 0 Å². The summed E-state index contributed by atoms with van der Waals surface area (Å²) in [6, 6.07) is 2.34. The molecule has 2 N–H and O–H groups in total. The summed E-state index contributed by atoms with van der Waals surface area (Å²) in [5.74, 6) is -2.65. The lowest BCUT2D eigenvalue weighted by atomic mass is 10.1. The minimum atomic E-state index is -1.34. The van der Waals surface area contributed by atoms with Crippen molar-refractivity contribution >= 4 is 33.5 Å². The van der Waals surface area contributed by atoms with Gasteiger partial charge in [-0.2, -0.15) is 0 Å². The Kier molecular flexibility index (Phi) is 3.36. The number of carbonyl (C=O) groups is 2. The number of aliphatic hydroxyl groups is 1. The molecule has 96 valence electrons. The van der Waals surface area contributed by atoms with Crippen molar-refractivity contribution in [1.82, 2.24) is 0 Å². The van der Waals surface area contributed by atoms with Crippen LogP contribution >= 0.6 is 15.9 Å². The van der Waals surface area contributed by atoms with E-state index in [1.165, 1.54) is 6.07 Å². The number of amides is 1. The van der Waals surface area contributed by atoms with Gasteiger partial charge in [-0.15, -0.1) is 0 Å². The second kappa shape index (κ2) is 4.66. The van der Waals surface area contributed by atoms with Crippen LogP contribution < -0.4 is 4.90 Å². The van der Waals surface area contributed by atoms with E-state index in [0.717, 1.165) is 11.0 Å². The van der Waals surface area contributed by atoms with Crippen molar-refractivity contribution in [3.8, 4) is 0 Å². The molecule has 0 bridgehead atoms. The van der Waals surface area contributed by atoms with E-state index in [4.69, 9.17) is 5.11 Å². The molecule has 7 heteroatoms. The second-order valence-electron chi connectivity index (χ2n) is 3.92. The number of aromatic carboxylic acids is 1. The van der Waals surface area contributed by atoms with Gasteiger partial charge in [0.25, 0.3) is 0 Å². The number of halogens is 2. The fourth-order valence-corrected chi connectivity index (χ4v) is 2.40. The average molecular weight is 318 g/mol. The lowest BCUT2D eigenvalue weighted by Gasteiger charge is -2.19. The number of carboxylic acids is 1. The SMILES string of the molecule is O=C(O)c1c(Br)ccc(F)c1N1CC(O)CC1=O. The van der Waals surface area contributed by atoms with Crippen LogP contribution in [0.4, 0.5) is 10.1 Å². The van der Waals surface area contributed by atoms with Crippen LogP contribution in [0.1, 0.15) is 16.8 Å². The van der Waals surface area contributed by atoms with Crippen LogP contribution in [0.25, 0.3) is 0 Å². The normalized spacial score (nSPS) is 19.4. The third kappa shape index (κ3) is 2.11. The van der Waals surface area contributed by atoms with E-state index in [9.17, 15) is 19.1 Å². The summed E-state index contributed by atoms with van der Waals surface area (Å²) in [6.07, 6.45) is -1.04. The highest BCUT2D eigenvalue weighted by molar-refractivity contribution is 9.10. The summed E-state index contributed by atoms with van der Waals surface area (Å²) in [5, 5.41) is 18.5. The Hall–Kier alpha value is -1.47. The molecule has 1 unspecified atom stereocenters. The summed E-state index contributed by atoms with van der Waals surface area (Å²) < 4.78 is 14.0. The number of benzene rings is 1.